The van der Waals surface area contributed by atoms with Crippen LogP contribution in [0, 0.1) is 16.0 Å². The summed E-state index contributed by atoms with van der Waals surface area (Å²) in [4.78, 5) is 36.9. The number of allylic oxidation sites excluding steroid dienone is 2. The lowest BCUT2D eigenvalue weighted by Crippen LogP contribution is -2.36. The van der Waals surface area contributed by atoms with E-state index in [1.165, 1.54) is 18.2 Å². The fourth-order valence-electron chi connectivity index (χ4n) is 5.05. The van der Waals surface area contributed by atoms with Gasteiger partial charge in [0, 0.05) is 42.4 Å². The first-order valence-corrected chi connectivity index (χ1v) is 11.9. The van der Waals surface area contributed by atoms with Gasteiger partial charge in [0.25, 0.3) is 5.69 Å². The predicted molar refractivity (Wildman–Crippen MR) is 133 cm³/mol. The summed E-state index contributed by atoms with van der Waals surface area (Å²) in [5.41, 5.74) is 2.12. The number of carbonyl (C=O) groups is 2. The quantitative estimate of drug-likeness (QED) is 0.290. The Morgan fingerprint density at radius 3 is 2.47 bits per heavy atom. The number of nitrogens with one attached hydrogen (secondary N) is 2. The normalized spacial score (nSPS) is 20.6. The Morgan fingerprint density at radius 2 is 1.83 bits per heavy atom. The summed E-state index contributed by atoms with van der Waals surface area (Å²) in [6.07, 6.45) is 0.969. The number of ether oxygens (including phenoxy) is 1. The number of dihydropyridines is 1. The largest absolute Gasteiger partial charge is 0.478 e. The second-order valence-electron chi connectivity index (χ2n) is 9.18. The number of aliphatic carboxylic acids is 1. The highest BCUT2D eigenvalue weighted by Crippen LogP contribution is 2.40. The maximum Gasteiger partial charge on any atom is 0.337 e. The SMILES string of the molecule is CC1=C(C(=O)O)[C@H](c2cccc([N+](=O)[O-])c2)C(C(=O)OC(Cc2ccccc2)C2CCNC2)=C(C)N1. The van der Waals surface area contributed by atoms with Crippen molar-refractivity contribution in [2.45, 2.75) is 38.7 Å². The molecule has 36 heavy (non-hydrogen) atoms. The lowest BCUT2D eigenvalue weighted by molar-refractivity contribution is -0.384. The summed E-state index contributed by atoms with van der Waals surface area (Å²) in [5.74, 6) is -2.75. The van der Waals surface area contributed by atoms with Crippen LogP contribution in [0.25, 0.3) is 0 Å². The van der Waals surface area contributed by atoms with E-state index in [-0.39, 0.29) is 22.8 Å². The molecule has 4 rings (SSSR count). The van der Waals surface area contributed by atoms with Crippen LogP contribution in [0.4, 0.5) is 5.69 Å². The van der Waals surface area contributed by atoms with Gasteiger partial charge in [-0.1, -0.05) is 42.5 Å². The Kier molecular flexibility index (Phi) is 7.49. The molecule has 9 heteroatoms. The molecule has 0 aromatic heterocycles. The molecule has 9 nitrogen and oxygen atoms in total. The number of nitro benzene ring substituents is 1. The van der Waals surface area contributed by atoms with E-state index in [0.717, 1.165) is 25.1 Å². The number of carbonyl (C=O) groups excluding carboxylic acids is 1. The third kappa shape index (κ3) is 5.31. The number of hydrogen-bond acceptors (Lipinski definition) is 7. The number of carboxylic acid groups (broad SMARTS) is 1. The zero-order valence-electron chi connectivity index (χ0n) is 20.2. The molecule has 1 fully saturated rings. The topological polar surface area (TPSA) is 131 Å². The molecule has 0 amide bonds. The van der Waals surface area contributed by atoms with Crippen LogP contribution in [-0.2, 0) is 20.7 Å². The van der Waals surface area contributed by atoms with Gasteiger partial charge in [-0.25, -0.2) is 9.59 Å². The molecule has 0 saturated carbocycles. The Bertz CT molecular complexity index is 1230. The molecule has 2 unspecified atom stereocenters. The van der Waals surface area contributed by atoms with E-state index in [4.69, 9.17) is 4.74 Å². The average molecular weight is 492 g/mol. The molecule has 188 valence electrons. The molecule has 3 atom stereocenters. The van der Waals surface area contributed by atoms with Crippen LogP contribution < -0.4 is 10.6 Å². The van der Waals surface area contributed by atoms with Crippen LogP contribution in [0.15, 0.2) is 77.1 Å². The van der Waals surface area contributed by atoms with Crippen LogP contribution in [0.3, 0.4) is 0 Å². The van der Waals surface area contributed by atoms with Crippen LogP contribution in [0.1, 0.15) is 37.3 Å². The minimum atomic E-state index is -1.21. The van der Waals surface area contributed by atoms with E-state index in [9.17, 15) is 24.8 Å². The van der Waals surface area contributed by atoms with Gasteiger partial charge in [-0.15, -0.1) is 0 Å². The van der Waals surface area contributed by atoms with Gasteiger partial charge in [0.1, 0.15) is 6.10 Å². The van der Waals surface area contributed by atoms with Gasteiger partial charge >= 0.3 is 11.9 Å². The summed E-state index contributed by atoms with van der Waals surface area (Å²) < 4.78 is 6.11. The standard InChI is InChI=1S/C27H29N3O6/c1-16-23(26(31)32)25(19-9-6-10-21(14-19)30(34)35)24(17(2)29-16)27(33)36-22(20-11-12-28-15-20)13-18-7-4-3-5-8-18/h3-10,14,20,22,25,28-29H,11-13,15H2,1-2H3,(H,31,32)/t20?,22?,25-/m0/s1. The van der Waals surface area contributed by atoms with Gasteiger partial charge in [-0.3, -0.25) is 10.1 Å². The van der Waals surface area contributed by atoms with Crippen molar-refractivity contribution in [3.63, 3.8) is 0 Å². The maximum absolute atomic E-state index is 13.8. The molecule has 2 heterocycles. The minimum absolute atomic E-state index is 0.0461. The van der Waals surface area contributed by atoms with Gasteiger partial charge in [0.05, 0.1) is 22.0 Å². The Balaban J connectivity index is 1.72. The van der Waals surface area contributed by atoms with Gasteiger partial charge < -0.3 is 20.5 Å². The Hall–Kier alpha value is -3.98. The van der Waals surface area contributed by atoms with Crippen molar-refractivity contribution < 1.29 is 24.4 Å². The maximum atomic E-state index is 13.8. The second-order valence-corrected chi connectivity index (χ2v) is 9.18. The van der Waals surface area contributed by atoms with E-state index in [0.29, 0.717) is 23.4 Å². The smallest absolute Gasteiger partial charge is 0.337 e. The molecule has 0 radical (unpaired) electrons. The number of non-ortho nitro benzene ring substituents is 1. The number of nitrogens with zero attached hydrogens (tertiary/aromatic N) is 1. The van der Waals surface area contributed by atoms with Crippen molar-refractivity contribution in [3.8, 4) is 0 Å². The van der Waals surface area contributed by atoms with E-state index >= 15 is 0 Å². The number of hydrogen-bond donors (Lipinski definition) is 3. The molecule has 0 aliphatic carbocycles. The van der Waals surface area contributed by atoms with Crippen LogP contribution >= 0.6 is 0 Å². The monoisotopic (exact) mass is 491 g/mol. The van der Waals surface area contributed by atoms with Crippen LogP contribution in [0.2, 0.25) is 0 Å². The molecular weight excluding hydrogens is 462 g/mol. The number of carboxylic acids is 1. The van der Waals surface area contributed by atoms with Crippen molar-refractivity contribution >= 4 is 17.6 Å². The average Bonchev–Trinajstić information content (AvgIpc) is 3.38. The highest BCUT2D eigenvalue weighted by molar-refractivity contribution is 5.99. The highest BCUT2D eigenvalue weighted by atomic mass is 16.6. The number of esters is 1. The minimum Gasteiger partial charge on any atom is -0.478 e. The van der Waals surface area contributed by atoms with E-state index in [1.807, 2.05) is 30.3 Å². The second kappa shape index (κ2) is 10.7. The Labute approximate surface area is 209 Å². The van der Waals surface area contributed by atoms with Gasteiger partial charge in [0.15, 0.2) is 0 Å². The molecule has 2 aliphatic rings. The van der Waals surface area contributed by atoms with Gasteiger partial charge in [-0.05, 0) is 37.9 Å². The van der Waals surface area contributed by atoms with Gasteiger partial charge in [0.2, 0.25) is 0 Å². The first kappa shape index (κ1) is 25.1. The summed E-state index contributed by atoms with van der Waals surface area (Å²) in [6.45, 7) is 4.85. The summed E-state index contributed by atoms with van der Waals surface area (Å²) in [7, 11) is 0. The molecule has 2 aliphatic heterocycles. The van der Waals surface area contributed by atoms with E-state index in [2.05, 4.69) is 10.6 Å². The molecule has 1 saturated heterocycles. The first-order chi connectivity index (χ1) is 17.3. The van der Waals surface area contributed by atoms with Crippen LogP contribution in [0.5, 0.6) is 0 Å². The molecule has 3 N–H and O–H groups in total. The molecule has 2 aromatic carbocycles. The summed E-state index contributed by atoms with van der Waals surface area (Å²) in [6, 6.07) is 15.5. The predicted octanol–water partition coefficient (Wildman–Crippen LogP) is 3.68. The number of nitro groups is 1. The number of benzene rings is 2. The fourth-order valence-corrected chi connectivity index (χ4v) is 5.05. The highest BCUT2D eigenvalue weighted by Gasteiger charge is 2.39. The third-order valence-corrected chi connectivity index (χ3v) is 6.79. The summed E-state index contributed by atoms with van der Waals surface area (Å²) in [5, 5.41) is 27.8. The van der Waals surface area contributed by atoms with Crippen molar-refractivity contribution in [1.29, 1.82) is 0 Å². The van der Waals surface area contributed by atoms with Crippen molar-refractivity contribution in [1.82, 2.24) is 10.6 Å². The molecular formula is C27H29N3O6. The van der Waals surface area contributed by atoms with Crippen molar-refractivity contribution in [3.05, 3.63) is 98.4 Å². The molecule has 0 bridgehead atoms. The third-order valence-electron chi connectivity index (χ3n) is 6.79. The van der Waals surface area contributed by atoms with Crippen molar-refractivity contribution in [2.75, 3.05) is 13.1 Å². The first-order valence-electron chi connectivity index (χ1n) is 11.9. The lowest BCUT2D eigenvalue weighted by Gasteiger charge is -2.31. The van der Waals surface area contributed by atoms with Gasteiger partial charge in [-0.2, -0.15) is 0 Å². The molecule has 2 aromatic rings. The fraction of sp³-hybridized carbons (Fsp3) is 0.333. The van der Waals surface area contributed by atoms with E-state index in [1.54, 1.807) is 19.9 Å². The van der Waals surface area contributed by atoms with Crippen molar-refractivity contribution in [2.24, 2.45) is 5.92 Å². The zero-order chi connectivity index (χ0) is 25.8. The zero-order valence-corrected chi connectivity index (χ0v) is 20.2. The number of rotatable bonds is 8. The Morgan fingerprint density at radius 1 is 1.11 bits per heavy atom. The summed E-state index contributed by atoms with van der Waals surface area (Å²) >= 11 is 0. The van der Waals surface area contributed by atoms with Crippen LogP contribution in [-0.4, -0.2) is 41.2 Å². The van der Waals surface area contributed by atoms with E-state index < -0.39 is 28.9 Å². The molecule has 0 spiro atoms. The lowest BCUT2D eigenvalue weighted by atomic mass is 9.80.